The molecule has 1 aromatic carbocycles. The van der Waals surface area contributed by atoms with Gasteiger partial charge >= 0.3 is 0 Å². The summed E-state index contributed by atoms with van der Waals surface area (Å²) in [6, 6.07) is 6.69. The van der Waals surface area contributed by atoms with Gasteiger partial charge in [-0.3, -0.25) is 9.79 Å². The van der Waals surface area contributed by atoms with Crippen molar-refractivity contribution < 1.29 is 9.18 Å². The Balaban J connectivity index is 0.00000392. The summed E-state index contributed by atoms with van der Waals surface area (Å²) in [5.41, 5.74) is 0.323. The zero-order chi connectivity index (χ0) is 20.1. The van der Waals surface area contributed by atoms with Crippen molar-refractivity contribution in [3.05, 3.63) is 35.6 Å². The maximum absolute atomic E-state index is 13.5. The minimum Gasteiger partial charge on any atom is -0.356 e. The highest BCUT2D eigenvalue weighted by atomic mass is 127. The van der Waals surface area contributed by atoms with Crippen molar-refractivity contribution in [1.82, 2.24) is 15.5 Å². The van der Waals surface area contributed by atoms with Crippen LogP contribution in [0.15, 0.2) is 29.3 Å². The van der Waals surface area contributed by atoms with Gasteiger partial charge in [-0.2, -0.15) is 0 Å². The number of hydrogen-bond acceptors (Lipinski definition) is 2. The zero-order valence-corrected chi connectivity index (χ0v) is 20.0. The average Bonchev–Trinajstić information content (AvgIpc) is 3.11. The molecule has 1 fully saturated rings. The first-order valence-corrected chi connectivity index (χ1v) is 9.62. The van der Waals surface area contributed by atoms with Crippen LogP contribution in [0.25, 0.3) is 0 Å². The van der Waals surface area contributed by atoms with Gasteiger partial charge < -0.3 is 15.5 Å². The summed E-state index contributed by atoms with van der Waals surface area (Å²) >= 11 is 0. The van der Waals surface area contributed by atoms with E-state index < -0.39 is 0 Å². The quantitative estimate of drug-likeness (QED) is 0.354. The van der Waals surface area contributed by atoms with Crippen LogP contribution < -0.4 is 10.6 Å². The van der Waals surface area contributed by atoms with E-state index in [1.807, 2.05) is 20.2 Å². The van der Waals surface area contributed by atoms with E-state index in [2.05, 4.69) is 29.5 Å². The third-order valence-corrected chi connectivity index (χ3v) is 5.54. The second-order valence-electron chi connectivity index (χ2n) is 8.36. The maximum Gasteiger partial charge on any atom is 0.230 e. The molecule has 28 heavy (non-hydrogen) atoms. The van der Waals surface area contributed by atoms with Gasteiger partial charge in [0.15, 0.2) is 5.96 Å². The highest BCUT2D eigenvalue weighted by Crippen LogP contribution is 2.38. The molecule has 0 bridgehead atoms. The normalized spacial score (nSPS) is 16.3. The molecule has 0 aromatic heterocycles. The smallest absolute Gasteiger partial charge is 0.230 e. The SMILES string of the molecule is CN=C(NCC1(C(=O)N(C)C)CCCC1)NCC(C)(C)c1cccc(F)c1.I. The van der Waals surface area contributed by atoms with Crippen LogP contribution in [0.3, 0.4) is 0 Å². The fraction of sp³-hybridized carbons (Fsp3) is 0.619. The molecule has 0 spiro atoms. The Kier molecular flexibility index (Phi) is 9.17. The molecule has 7 heteroatoms. The van der Waals surface area contributed by atoms with Crippen LogP contribution in [0.1, 0.15) is 45.1 Å². The second-order valence-corrected chi connectivity index (χ2v) is 8.36. The van der Waals surface area contributed by atoms with Crippen LogP contribution in [-0.4, -0.2) is 51.0 Å². The number of nitrogens with one attached hydrogen (secondary N) is 2. The molecule has 5 nitrogen and oxygen atoms in total. The van der Waals surface area contributed by atoms with E-state index in [9.17, 15) is 9.18 Å². The lowest BCUT2D eigenvalue weighted by molar-refractivity contribution is -0.138. The van der Waals surface area contributed by atoms with Crippen LogP contribution in [0.4, 0.5) is 4.39 Å². The number of rotatable bonds is 6. The summed E-state index contributed by atoms with van der Waals surface area (Å²) in [5.74, 6) is 0.619. The minimum atomic E-state index is -0.348. The maximum atomic E-state index is 13.5. The molecular formula is C21H34FIN4O. The third kappa shape index (κ3) is 6.06. The van der Waals surface area contributed by atoms with Gasteiger partial charge in [-0.15, -0.1) is 24.0 Å². The van der Waals surface area contributed by atoms with Crippen molar-refractivity contribution in [2.75, 3.05) is 34.2 Å². The molecule has 158 valence electrons. The van der Waals surface area contributed by atoms with E-state index in [1.54, 1.807) is 24.1 Å². The predicted octanol–water partition coefficient (Wildman–Crippen LogP) is 3.53. The number of carbonyl (C=O) groups excluding carboxylic acids is 1. The van der Waals surface area contributed by atoms with Crippen LogP contribution in [0, 0.1) is 11.2 Å². The molecule has 0 saturated heterocycles. The molecule has 2 N–H and O–H groups in total. The molecule has 0 unspecified atom stereocenters. The molecule has 1 aliphatic carbocycles. The van der Waals surface area contributed by atoms with Gasteiger partial charge in [0, 0.05) is 39.6 Å². The molecule has 2 rings (SSSR count). The predicted molar refractivity (Wildman–Crippen MR) is 124 cm³/mol. The van der Waals surface area contributed by atoms with E-state index in [4.69, 9.17) is 0 Å². The first-order valence-electron chi connectivity index (χ1n) is 9.62. The van der Waals surface area contributed by atoms with Crippen LogP contribution in [-0.2, 0) is 10.2 Å². The van der Waals surface area contributed by atoms with Crippen molar-refractivity contribution in [2.45, 2.75) is 44.9 Å². The van der Waals surface area contributed by atoms with E-state index in [0.717, 1.165) is 31.2 Å². The lowest BCUT2D eigenvalue weighted by Gasteiger charge is -2.32. The number of carbonyl (C=O) groups is 1. The fourth-order valence-corrected chi connectivity index (χ4v) is 3.78. The Morgan fingerprint density at radius 3 is 2.43 bits per heavy atom. The Morgan fingerprint density at radius 1 is 1.25 bits per heavy atom. The first kappa shape index (κ1) is 24.7. The van der Waals surface area contributed by atoms with Gasteiger partial charge in [0.1, 0.15) is 5.82 Å². The number of aliphatic imine (C=N–C) groups is 1. The molecule has 0 aliphatic heterocycles. The van der Waals surface area contributed by atoms with E-state index in [-0.39, 0.29) is 46.5 Å². The Bertz CT molecular complexity index is 685. The van der Waals surface area contributed by atoms with Crippen LogP contribution in [0.2, 0.25) is 0 Å². The molecule has 0 atom stereocenters. The Labute approximate surface area is 185 Å². The average molecular weight is 504 g/mol. The van der Waals surface area contributed by atoms with Gasteiger partial charge in [-0.1, -0.05) is 38.8 Å². The lowest BCUT2D eigenvalue weighted by atomic mass is 9.84. The monoisotopic (exact) mass is 504 g/mol. The summed E-state index contributed by atoms with van der Waals surface area (Å²) in [7, 11) is 5.35. The van der Waals surface area contributed by atoms with Gasteiger partial charge in [0.05, 0.1) is 5.41 Å². The van der Waals surface area contributed by atoms with E-state index in [0.29, 0.717) is 19.0 Å². The third-order valence-electron chi connectivity index (χ3n) is 5.54. The summed E-state index contributed by atoms with van der Waals surface area (Å²) in [4.78, 5) is 18.7. The van der Waals surface area contributed by atoms with Crippen molar-refractivity contribution in [3.63, 3.8) is 0 Å². The molecule has 1 aromatic rings. The van der Waals surface area contributed by atoms with Crippen LogP contribution >= 0.6 is 24.0 Å². The highest BCUT2D eigenvalue weighted by Gasteiger charge is 2.42. The van der Waals surface area contributed by atoms with Crippen molar-refractivity contribution >= 4 is 35.8 Å². The number of benzene rings is 1. The molecular weight excluding hydrogens is 470 g/mol. The second kappa shape index (κ2) is 10.4. The van der Waals surface area contributed by atoms with Crippen molar-refractivity contribution in [2.24, 2.45) is 10.4 Å². The molecule has 0 radical (unpaired) electrons. The first-order chi connectivity index (χ1) is 12.7. The number of guanidine groups is 1. The summed E-state index contributed by atoms with van der Waals surface area (Å²) < 4.78 is 13.5. The number of hydrogen-bond donors (Lipinski definition) is 2. The number of amides is 1. The van der Waals surface area contributed by atoms with Crippen LogP contribution in [0.5, 0.6) is 0 Å². The van der Waals surface area contributed by atoms with Gasteiger partial charge in [0.2, 0.25) is 5.91 Å². The molecule has 1 saturated carbocycles. The minimum absolute atomic E-state index is 0. The largest absolute Gasteiger partial charge is 0.356 e. The zero-order valence-electron chi connectivity index (χ0n) is 17.6. The summed E-state index contributed by atoms with van der Waals surface area (Å²) in [5, 5.41) is 6.67. The molecule has 1 amide bonds. The van der Waals surface area contributed by atoms with Crippen molar-refractivity contribution in [3.8, 4) is 0 Å². The fourth-order valence-electron chi connectivity index (χ4n) is 3.78. The summed E-state index contributed by atoms with van der Waals surface area (Å²) in [6.45, 7) is 5.31. The topological polar surface area (TPSA) is 56.7 Å². The van der Waals surface area contributed by atoms with Crippen molar-refractivity contribution in [1.29, 1.82) is 0 Å². The number of nitrogens with zero attached hydrogens (tertiary/aromatic N) is 2. The Morgan fingerprint density at radius 2 is 1.89 bits per heavy atom. The number of halogens is 2. The van der Waals surface area contributed by atoms with Gasteiger partial charge in [0.25, 0.3) is 0 Å². The molecule has 0 heterocycles. The van der Waals surface area contributed by atoms with E-state index in [1.165, 1.54) is 6.07 Å². The summed E-state index contributed by atoms with van der Waals surface area (Å²) in [6.07, 6.45) is 3.98. The lowest BCUT2D eigenvalue weighted by Crippen LogP contribution is -2.50. The Hall–Kier alpha value is -1.38. The van der Waals surface area contributed by atoms with Gasteiger partial charge in [-0.05, 0) is 30.5 Å². The standard InChI is InChI=1S/C21H33FN4O.HI/c1-20(2,16-9-8-10-17(22)13-16)14-24-19(23-3)25-15-21(11-6-7-12-21)18(27)26(4)5;/h8-10,13H,6-7,11-12,14-15H2,1-5H3,(H2,23,24,25);1H. The highest BCUT2D eigenvalue weighted by molar-refractivity contribution is 14.0. The van der Waals surface area contributed by atoms with Gasteiger partial charge in [-0.25, -0.2) is 4.39 Å². The van der Waals surface area contributed by atoms with E-state index >= 15 is 0 Å². The molecule has 1 aliphatic rings.